The van der Waals surface area contributed by atoms with Crippen molar-refractivity contribution in [2.45, 2.75) is 43.8 Å². The maximum atomic E-state index is 12.4. The third-order valence-corrected chi connectivity index (χ3v) is 5.29. The average Bonchev–Trinajstić information content (AvgIpc) is 2.76. The van der Waals surface area contributed by atoms with Crippen LogP contribution in [0.3, 0.4) is 0 Å². The van der Waals surface area contributed by atoms with Crippen molar-refractivity contribution in [3.05, 3.63) is 35.3 Å². The van der Waals surface area contributed by atoms with E-state index in [0.717, 1.165) is 25.5 Å². The largest absolute Gasteiger partial charge is 0.619 e. The number of piperidine rings is 1. The minimum atomic E-state index is -2.85. The van der Waals surface area contributed by atoms with Crippen LogP contribution in [0.2, 0.25) is 0 Å². The Labute approximate surface area is 199 Å². The zero-order valence-electron chi connectivity index (χ0n) is 18.2. The lowest BCUT2D eigenvalue weighted by atomic mass is 9.96. The molecule has 1 aromatic rings. The van der Waals surface area contributed by atoms with Gasteiger partial charge in [0.1, 0.15) is 18.3 Å². The summed E-state index contributed by atoms with van der Waals surface area (Å²) in [6, 6.07) is 2.68. The highest BCUT2D eigenvalue weighted by atomic mass is 35.5. The smallest absolute Gasteiger partial charge is 0.336 e. The Morgan fingerprint density at radius 2 is 1.88 bits per heavy atom. The number of rotatable bonds is 12. The van der Waals surface area contributed by atoms with Gasteiger partial charge >= 0.3 is 17.9 Å². The first-order valence-corrected chi connectivity index (χ1v) is 10.8. The molecule has 0 aromatic carbocycles. The Kier molecular flexibility index (Phi) is 9.98. The molecule has 1 aromatic heterocycles. The van der Waals surface area contributed by atoms with Crippen LogP contribution >= 0.6 is 11.8 Å². The second-order valence-corrected chi connectivity index (χ2v) is 8.16. The number of carbonyl (C=O) groups excluding carboxylic acids is 2. The summed E-state index contributed by atoms with van der Waals surface area (Å²) in [5.41, 5.74) is -2.91. The summed E-state index contributed by atoms with van der Waals surface area (Å²) in [5.74, 6) is -5.51. The van der Waals surface area contributed by atoms with E-state index < -0.39 is 55.0 Å². The van der Waals surface area contributed by atoms with Gasteiger partial charge in [-0.15, -0.1) is 4.58 Å². The summed E-state index contributed by atoms with van der Waals surface area (Å²) in [6.07, 6.45) is 1.70. The normalized spacial score (nSPS) is 16.8. The number of aromatic nitrogens is 1. The second kappa shape index (κ2) is 12.5. The molecular weight excluding hydrogens is 478 g/mol. The zero-order valence-corrected chi connectivity index (χ0v) is 18.9. The molecule has 2 heterocycles. The molecular formula is C20H26ClN3O10. The molecule has 188 valence electrons. The molecule has 2 rings (SSSR count). The molecule has 1 fully saturated rings. The first-order chi connectivity index (χ1) is 16.0. The van der Waals surface area contributed by atoms with Gasteiger partial charge in [-0.25, -0.2) is 4.79 Å². The molecule has 0 bridgehead atoms. The van der Waals surface area contributed by atoms with Crippen LogP contribution in [-0.2, 0) is 24.0 Å². The number of aliphatic carboxylic acids is 2. The number of halogens is 1. The quantitative estimate of drug-likeness (QED) is 0.114. The van der Waals surface area contributed by atoms with E-state index >= 15 is 0 Å². The Hall–Kier alpha value is -3.00. The molecule has 34 heavy (non-hydrogen) atoms. The van der Waals surface area contributed by atoms with Crippen LogP contribution in [0.5, 0.6) is 0 Å². The number of hydroxylamine groups is 1. The molecule has 1 saturated heterocycles. The number of hydrogen-bond donors (Lipinski definition) is 3. The number of carboxylic acids is 2. The number of carbonyl (C=O) groups is 4. The standard InChI is InChI=1S/C20H26ClN3O10/c21-24(18(28)14-5-4-8-23(32)11-14)33-13-15(12-22-6-2-1-3-7-22)34-17(27)10-20(31,19(29)30)9-16(25)26/h4-5,8,11,15,31H,1-3,6-7,9-10,12-13H2,(H,25,26)(H,29,30)/t15-,20-/m1/s1. The monoisotopic (exact) mass is 503 g/mol. The maximum absolute atomic E-state index is 12.4. The number of amides is 1. The first-order valence-electron chi connectivity index (χ1n) is 10.4. The molecule has 3 N–H and O–H groups in total. The van der Waals surface area contributed by atoms with Crippen molar-refractivity contribution in [1.29, 1.82) is 0 Å². The lowest BCUT2D eigenvalue weighted by molar-refractivity contribution is -0.605. The third-order valence-electron chi connectivity index (χ3n) is 5.04. The summed E-state index contributed by atoms with van der Waals surface area (Å²) in [6.45, 7) is 1.18. The fraction of sp³-hybridized carbons (Fsp3) is 0.550. The number of carboxylic acid groups (broad SMARTS) is 2. The van der Waals surface area contributed by atoms with Crippen molar-refractivity contribution in [3.8, 4) is 0 Å². The molecule has 0 unspecified atom stereocenters. The lowest BCUT2D eigenvalue weighted by Gasteiger charge is -2.31. The van der Waals surface area contributed by atoms with E-state index in [1.165, 1.54) is 18.3 Å². The van der Waals surface area contributed by atoms with Crippen molar-refractivity contribution < 1.29 is 48.8 Å². The number of aliphatic hydroxyl groups is 1. The van der Waals surface area contributed by atoms with Gasteiger partial charge in [0.2, 0.25) is 0 Å². The minimum absolute atomic E-state index is 0.0581. The van der Waals surface area contributed by atoms with Crippen LogP contribution in [-0.4, -0.2) is 86.6 Å². The Bertz CT molecular complexity index is 895. The van der Waals surface area contributed by atoms with Crippen LogP contribution < -0.4 is 4.73 Å². The predicted octanol–water partition coefficient (Wildman–Crippen LogP) is -0.0742. The highest BCUT2D eigenvalue weighted by Gasteiger charge is 2.42. The van der Waals surface area contributed by atoms with Gasteiger partial charge in [0.15, 0.2) is 18.0 Å². The zero-order chi connectivity index (χ0) is 25.3. The fourth-order valence-electron chi connectivity index (χ4n) is 3.37. The van der Waals surface area contributed by atoms with Crippen LogP contribution in [0.25, 0.3) is 0 Å². The molecule has 0 radical (unpaired) electrons. The lowest BCUT2D eigenvalue weighted by Crippen LogP contribution is -2.45. The van der Waals surface area contributed by atoms with Gasteiger partial charge in [0, 0.05) is 24.4 Å². The van der Waals surface area contributed by atoms with Crippen molar-refractivity contribution in [2.24, 2.45) is 0 Å². The fourth-order valence-corrected chi connectivity index (χ4v) is 3.53. The van der Waals surface area contributed by atoms with Crippen molar-refractivity contribution in [3.63, 3.8) is 0 Å². The number of ether oxygens (including phenoxy) is 1. The van der Waals surface area contributed by atoms with E-state index in [1.807, 2.05) is 4.90 Å². The van der Waals surface area contributed by atoms with E-state index in [0.29, 0.717) is 22.4 Å². The Morgan fingerprint density at radius 3 is 2.47 bits per heavy atom. The number of esters is 1. The van der Waals surface area contributed by atoms with E-state index in [-0.39, 0.29) is 12.1 Å². The minimum Gasteiger partial charge on any atom is -0.619 e. The number of nitrogens with zero attached hydrogens (tertiary/aromatic N) is 3. The summed E-state index contributed by atoms with van der Waals surface area (Å²) in [5, 5.41) is 39.4. The molecule has 0 saturated carbocycles. The summed E-state index contributed by atoms with van der Waals surface area (Å²) < 4.78 is 6.02. The average molecular weight is 504 g/mol. The molecule has 0 aliphatic carbocycles. The van der Waals surface area contributed by atoms with E-state index in [1.54, 1.807) is 0 Å². The number of likely N-dealkylation sites (tertiary alicyclic amines) is 1. The molecule has 2 atom stereocenters. The van der Waals surface area contributed by atoms with Gasteiger partial charge in [0.05, 0.1) is 12.8 Å². The molecule has 1 amide bonds. The topological polar surface area (TPSA) is 181 Å². The number of pyridine rings is 1. The maximum Gasteiger partial charge on any atom is 0.336 e. The summed E-state index contributed by atoms with van der Waals surface area (Å²) in [7, 11) is 0. The summed E-state index contributed by atoms with van der Waals surface area (Å²) in [4.78, 5) is 54.1. The van der Waals surface area contributed by atoms with Crippen molar-refractivity contribution in [1.82, 2.24) is 9.48 Å². The highest BCUT2D eigenvalue weighted by Crippen LogP contribution is 2.19. The van der Waals surface area contributed by atoms with E-state index in [9.17, 15) is 29.5 Å². The van der Waals surface area contributed by atoms with Gasteiger partial charge in [-0.1, -0.05) is 6.42 Å². The van der Waals surface area contributed by atoms with Crippen LogP contribution in [0.15, 0.2) is 24.5 Å². The SMILES string of the molecule is O=C(O)C[C@@](O)(CC(=O)O[C@@H](CON(Cl)C(=O)c1ccc[n+]([O-])c1)CN1CCCCC1)C(=O)O. The van der Waals surface area contributed by atoms with Gasteiger partial charge < -0.3 is 25.3 Å². The Morgan fingerprint density at radius 1 is 1.21 bits per heavy atom. The first kappa shape index (κ1) is 27.2. The molecule has 0 spiro atoms. The molecule has 1 aliphatic rings. The number of hydrogen-bond acceptors (Lipinski definition) is 9. The van der Waals surface area contributed by atoms with Crippen LogP contribution in [0.1, 0.15) is 42.5 Å². The summed E-state index contributed by atoms with van der Waals surface area (Å²) >= 11 is 5.86. The van der Waals surface area contributed by atoms with Crippen molar-refractivity contribution >= 4 is 35.6 Å². The van der Waals surface area contributed by atoms with E-state index in [2.05, 4.69) is 0 Å². The molecule has 13 nitrogen and oxygen atoms in total. The third kappa shape index (κ3) is 8.41. The molecule has 1 aliphatic heterocycles. The van der Waals surface area contributed by atoms with E-state index in [4.69, 9.17) is 31.6 Å². The van der Waals surface area contributed by atoms with Gasteiger partial charge in [0.25, 0.3) is 5.91 Å². The van der Waals surface area contributed by atoms with Crippen LogP contribution in [0.4, 0.5) is 0 Å². The van der Waals surface area contributed by atoms with Crippen LogP contribution in [0, 0.1) is 5.21 Å². The van der Waals surface area contributed by atoms with Gasteiger partial charge in [-0.05, 0) is 32.0 Å². The highest BCUT2D eigenvalue weighted by molar-refractivity contribution is 6.22. The predicted molar refractivity (Wildman–Crippen MR) is 113 cm³/mol. The van der Waals surface area contributed by atoms with Crippen molar-refractivity contribution in [2.75, 3.05) is 26.2 Å². The van der Waals surface area contributed by atoms with Gasteiger partial charge in [-0.3, -0.25) is 24.1 Å². The molecule has 14 heteroatoms. The second-order valence-electron chi connectivity index (χ2n) is 7.86. The van der Waals surface area contributed by atoms with Gasteiger partial charge in [-0.2, -0.15) is 4.73 Å². The Balaban J connectivity index is 2.04.